The maximum absolute atomic E-state index is 12.0. The molecule has 0 aromatic heterocycles. The van der Waals surface area contributed by atoms with Crippen molar-refractivity contribution >= 4 is 17.8 Å². The van der Waals surface area contributed by atoms with Gasteiger partial charge in [-0.25, -0.2) is 0 Å². The number of rotatable bonds is 9. The minimum absolute atomic E-state index is 0.0715. The third kappa shape index (κ3) is 7.11. The van der Waals surface area contributed by atoms with Crippen molar-refractivity contribution in [3.63, 3.8) is 0 Å². The van der Waals surface area contributed by atoms with E-state index in [1.54, 1.807) is 0 Å². The molecule has 0 aromatic carbocycles. The molecule has 0 aromatic rings. The fourth-order valence-electron chi connectivity index (χ4n) is 3.09. The van der Waals surface area contributed by atoms with Crippen LogP contribution in [0.3, 0.4) is 0 Å². The predicted molar refractivity (Wildman–Crippen MR) is 78.4 cm³/mol. The van der Waals surface area contributed by atoms with E-state index < -0.39 is 5.97 Å². The Morgan fingerprint density at radius 1 is 1.05 bits per heavy atom. The second-order valence-corrected chi connectivity index (χ2v) is 6.08. The smallest absolute Gasteiger partial charge is 0.303 e. The van der Waals surface area contributed by atoms with Crippen LogP contribution in [0.2, 0.25) is 0 Å². The summed E-state index contributed by atoms with van der Waals surface area (Å²) in [7, 11) is 0. The standard InChI is InChI=1S/C15H26N2O4/c16-12(18)6-2-5-9-17-13(19)10-15(11-14(20)21)7-3-1-4-8-15/h1-11H2,(H2,16,18)(H,17,19)(H,20,21). The van der Waals surface area contributed by atoms with Crippen molar-refractivity contribution in [2.24, 2.45) is 11.1 Å². The molecule has 1 fully saturated rings. The molecule has 120 valence electrons. The van der Waals surface area contributed by atoms with Crippen molar-refractivity contribution in [1.29, 1.82) is 0 Å². The molecule has 0 bridgehead atoms. The monoisotopic (exact) mass is 298 g/mol. The highest BCUT2D eigenvalue weighted by atomic mass is 16.4. The predicted octanol–water partition coefficient (Wildman–Crippen LogP) is 1.57. The molecule has 0 aliphatic heterocycles. The molecule has 2 amide bonds. The van der Waals surface area contributed by atoms with Crippen LogP contribution >= 0.6 is 0 Å². The molecule has 0 atom stereocenters. The number of hydrogen-bond donors (Lipinski definition) is 3. The van der Waals surface area contributed by atoms with Crippen LogP contribution in [0.5, 0.6) is 0 Å². The minimum Gasteiger partial charge on any atom is -0.481 e. The summed E-state index contributed by atoms with van der Waals surface area (Å²) < 4.78 is 0. The number of hydrogen-bond acceptors (Lipinski definition) is 3. The summed E-state index contributed by atoms with van der Waals surface area (Å²) in [6.07, 6.45) is 6.81. The first-order valence-electron chi connectivity index (χ1n) is 7.70. The number of primary amides is 1. The molecule has 1 aliphatic rings. The van der Waals surface area contributed by atoms with Gasteiger partial charge in [-0.1, -0.05) is 19.3 Å². The molecule has 0 heterocycles. The summed E-state index contributed by atoms with van der Waals surface area (Å²) in [4.78, 5) is 33.6. The Hall–Kier alpha value is -1.59. The molecule has 1 aliphatic carbocycles. The van der Waals surface area contributed by atoms with Crippen molar-refractivity contribution in [2.75, 3.05) is 6.54 Å². The number of aliphatic carboxylic acids is 1. The maximum Gasteiger partial charge on any atom is 0.303 e. The van der Waals surface area contributed by atoms with E-state index >= 15 is 0 Å². The van der Waals surface area contributed by atoms with Gasteiger partial charge in [-0.15, -0.1) is 0 Å². The summed E-state index contributed by atoms with van der Waals surface area (Å²) in [6.45, 7) is 0.509. The fourth-order valence-corrected chi connectivity index (χ4v) is 3.09. The first-order valence-corrected chi connectivity index (χ1v) is 7.70. The van der Waals surface area contributed by atoms with Gasteiger partial charge in [-0.2, -0.15) is 0 Å². The van der Waals surface area contributed by atoms with E-state index in [0.717, 1.165) is 32.1 Å². The first kappa shape index (κ1) is 17.5. The molecule has 6 nitrogen and oxygen atoms in total. The van der Waals surface area contributed by atoms with Crippen molar-refractivity contribution in [3.8, 4) is 0 Å². The average molecular weight is 298 g/mol. The van der Waals surface area contributed by atoms with Crippen molar-refractivity contribution < 1.29 is 19.5 Å². The van der Waals surface area contributed by atoms with E-state index in [9.17, 15) is 14.4 Å². The Morgan fingerprint density at radius 3 is 2.29 bits per heavy atom. The molecule has 4 N–H and O–H groups in total. The van der Waals surface area contributed by atoms with Gasteiger partial charge in [0.2, 0.25) is 11.8 Å². The number of carboxylic acids is 1. The van der Waals surface area contributed by atoms with Gasteiger partial charge >= 0.3 is 5.97 Å². The second kappa shape index (κ2) is 8.64. The number of carboxylic acid groups (broad SMARTS) is 1. The topological polar surface area (TPSA) is 109 Å². The molecule has 21 heavy (non-hydrogen) atoms. The summed E-state index contributed by atoms with van der Waals surface area (Å²) in [5, 5.41) is 11.9. The molecular weight excluding hydrogens is 272 g/mol. The van der Waals surface area contributed by atoms with Crippen LogP contribution in [0.25, 0.3) is 0 Å². The summed E-state index contributed by atoms with van der Waals surface area (Å²) in [6, 6.07) is 0. The normalized spacial score (nSPS) is 17.1. The number of carbonyl (C=O) groups is 3. The van der Waals surface area contributed by atoms with E-state index in [-0.39, 0.29) is 30.1 Å². The average Bonchev–Trinajstić information content (AvgIpc) is 2.37. The molecule has 0 unspecified atom stereocenters. The Morgan fingerprint density at radius 2 is 1.71 bits per heavy atom. The van der Waals surface area contributed by atoms with Crippen LogP contribution in [-0.2, 0) is 14.4 Å². The molecular formula is C15H26N2O4. The van der Waals surface area contributed by atoms with Gasteiger partial charge in [-0.05, 0) is 31.1 Å². The first-order chi connectivity index (χ1) is 9.93. The van der Waals surface area contributed by atoms with Crippen LogP contribution in [0.4, 0.5) is 0 Å². The molecule has 6 heteroatoms. The van der Waals surface area contributed by atoms with Crippen LogP contribution in [-0.4, -0.2) is 29.4 Å². The van der Waals surface area contributed by atoms with E-state index in [1.807, 2.05) is 0 Å². The number of unbranched alkanes of at least 4 members (excludes halogenated alkanes) is 1. The molecule has 0 radical (unpaired) electrons. The van der Waals surface area contributed by atoms with Gasteiger partial charge in [0.15, 0.2) is 0 Å². The number of amides is 2. The largest absolute Gasteiger partial charge is 0.481 e. The lowest BCUT2D eigenvalue weighted by atomic mass is 9.69. The van der Waals surface area contributed by atoms with Crippen LogP contribution in [0.15, 0.2) is 0 Å². The third-order valence-corrected chi connectivity index (χ3v) is 4.15. The maximum atomic E-state index is 12.0. The van der Waals surface area contributed by atoms with E-state index in [0.29, 0.717) is 25.8 Å². The summed E-state index contributed by atoms with van der Waals surface area (Å²) in [5.41, 5.74) is 4.67. The zero-order valence-corrected chi connectivity index (χ0v) is 12.5. The summed E-state index contributed by atoms with van der Waals surface area (Å²) in [5.74, 6) is -1.24. The zero-order valence-electron chi connectivity index (χ0n) is 12.5. The lowest BCUT2D eigenvalue weighted by molar-refractivity contribution is -0.141. The number of nitrogens with two attached hydrogens (primary N) is 1. The van der Waals surface area contributed by atoms with E-state index in [4.69, 9.17) is 10.8 Å². The van der Waals surface area contributed by atoms with Gasteiger partial charge in [-0.3, -0.25) is 14.4 Å². The Balaban J connectivity index is 2.34. The van der Waals surface area contributed by atoms with Crippen LogP contribution < -0.4 is 11.1 Å². The zero-order chi connectivity index (χ0) is 15.7. The number of carbonyl (C=O) groups excluding carboxylic acids is 2. The lowest BCUT2D eigenvalue weighted by Crippen LogP contribution is -2.35. The highest BCUT2D eigenvalue weighted by Gasteiger charge is 2.36. The lowest BCUT2D eigenvalue weighted by Gasteiger charge is -2.35. The van der Waals surface area contributed by atoms with Crippen LogP contribution in [0, 0.1) is 5.41 Å². The van der Waals surface area contributed by atoms with E-state index in [2.05, 4.69) is 5.32 Å². The van der Waals surface area contributed by atoms with Gasteiger partial charge in [0.1, 0.15) is 0 Å². The Kier molecular flexibility index (Phi) is 7.19. The Labute approximate surface area is 125 Å². The Bertz CT molecular complexity index is 376. The van der Waals surface area contributed by atoms with Crippen molar-refractivity contribution in [1.82, 2.24) is 5.32 Å². The summed E-state index contributed by atoms with van der Waals surface area (Å²) >= 11 is 0. The molecule has 1 rings (SSSR count). The second-order valence-electron chi connectivity index (χ2n) is 6.08. The van der Waals surface area contributed by atoms with Crippen LogP contribution in [0.1, 0.15) is 64.2 Å². The quantitative estimate of drug-likeness (QED) is 0.561. The highest BCUT2D eigenvalue weighted by molar-refractivity contribution is 5.78. The van der Waals surface area contributed by atoms with E-state index in [1.165, 1.54) is 0 Å². The molecule has 0 spiro atoms. The molecule has 1 saturated carbocycles. The van der Waals surface area contributed by atoms with Crippen molar-refractivity contribution in [2.45, 2.75) is 64.2 Å². The third-order valence-electron chi connectivity index (χ3n) is 4.15. The minimum atomic E-state index is -0.828. The van der Waals surface area contributed by atoms with Gasteiger partial charge in [0, 0.05) is 19.4 Å². The van der Waals surface area contributed by atoms with Crippen molar-refractivity contribution in [3.05, 3.63) is 0 Å². The molecule has 0 saturated heterocycles. The van der Waals surface area contributed by atoms with Gasteiger partial charge in [0.05, 0.1) is 6.42 Å². The van der Waals surface area contributed by atoms with Gasteiger partial charge < -0.3 is 16.2 Å². The highest BCUT2D eigenvalue weighted by Crippen LogP contribution is 2.42. The SMILES string of the molecule is NC(=O)CCCCNC(=O)CC1(CC(=O)O)CCCCC1. The number of nitrogens with one attached hydrogen (secondary N) is 1. The fraction of sp³-hybridized carbons (Fsp3) is 0.800. The van der Waals surface area contributed by atoms with Gasteiger partial charge in [0.25, 0.3) is 0 Å².